The zero-order valence-electron chi connectivity index (χ0n) is 25.3. The van der Waals surface area contributed by atoms with Gasteiger partial charge in [-0.25, -0.2) is 0 Å². The Labute approximate surface area is 254 Å². The first-order valence-electron chi connectivity index (χ1n) is 15.4. The molecule has 2 bridgehead atoms. The molecule has 3 fully saturated rings. The minimum absolute atomic E-state index is 0.0423. The van der Waals surface area contributed by atoms with Crippen LogP contribution in [0.2, 0.25) is 0 Å². The van der Waals surface area contributed by atoms with Gasteiger partial charge in [0.05, 0.1) is 30.6 Å². The monoisotopic (exact) mass is 595 g/mol. The maximum Gasteiger partial charge on any atom is 0.313 e. The third-order valence-electron chi connectivity index (χ3n) is 8.88. The van der Waals surface area contributed by atoms with Crippen LogP contribution in [0.5, 0.6) is 0 Å². The summed E-state index contributed by atoms with van der Waals surface area (Å²) >= 11 is 0. The molecule has 1 spiro atoms. The van der Waals surface area contributed by atoms with Crippen LogP contribution in [-0.4, -0.2) is 88.6 Å². The number of aliphatic hydroxyl groups is 1. The summed E-state index contributed by atoms with van der Waals surface area (Å²) in [7, 11) is 0. The zero-order chi connectivity index (χ0) is 31.1. The van der Waals surface area contributed by atoms with Gasteiger partial charge in [-0.3, -0.25) is 19.2 Å². The molecule has 10 heteroatoms. The molecule has 1 aromatic rings. The third kappa shape index (κ3) is 6.40. The Morgan fingerprint density at radius 1 is 1.26 bits per heavy atom. The highest BCUT2D eigenvalue weighted by molar-refractivity contribution is 5.98. The lowest BCUT2D eigenvalue weighted by atomic mass is 9.70. The van der Waals surface area contributed by atoms with E-state index in [9.17, 15) is 24.3 Å². The van der Waals surface area contributed by atoms with E-state index >= 15 is 0 Å². The number of β-amino-alcohol motifs (C(OH)–C–C–N with tert-alkyl or cyclic N) is 1. The van der Waals surface area contributed by atoms with Gasteiger partial charge in [0.15, 0.2) is 0 Å². The zero-order valence-corrected chi connectivity index (χ0v) is 25.3. The molecular formula is C33H45N3O7. The summed E-state index contributed by atoms with van der Waals surface area (Å²) in [5.74, 6) is -3.26. The van der Waals surface area contributed by atoms with Crippen LogP contribution < -0.4 is 5.32 Å². The topological polar surface area (TPSA) is 125 Å². The molecule has 3 heterocycles. The van der Waals surface area contributed by atoms with E-state index in [-0.39, 0.29) is 37.3 Å². The molecule has 4 rings (SSSR count). The number of hydrogen-bond acceptors (Lipinski definition) is 7. The highest BCUT2D eigenvalue weighted by atomic mass is 16.6. The number of allylic oxidation sites excluding steroid dienone is 1. The molecule has 10 nitrogen and oxygen atoms in total. The highest BCUT2D eigenvalue weighted by Gasteiger charge is 2.75. The Morgan fingerprint density at radius 3 is 2.65 bits per heavy atom. The molecule has 3 aliphatic rings. The van der Waals surface area contributed by atoms with E-state index in [0.29, 0.717) is 37.9 Å². The van der Waals surface area contributed by atoms with Crippen molar-refractivity contribution in [3.05, 3.63) is 61.2 Å². The van der Waals surface area contributed by atoms with Crippen LogP contribution in [0.3, 0.4) is 0 Å². The number of carbonyl (C=O) groups is 4. The van der Waals surface area contributed by atoms with Crippen LogP contribution in [0.25, 0.3) is 0 Å². The second-order valence-corrected chi connectivity index (χ2v) is 11.7. The van der Waals surface area contributed by atoms with Gasteiger partial charge < -0.3 is 29.7 Å². The van der Waals surface area contributed by atoms with Crippen molar-refractivity contribution in [2.24, 2.45) is 11.8 Å². The molecule has 1 aromatic carbocycles. The Kier molecular flexibility index (Phi) is 10.8. The fourth-order valence-electron chi connectivity index (χ4n) is 6.96. The van der Waals surface area contributed by atoms with Crippen LogP contribution in [0.15, 0.2) is 55.6 Å². The Hall–Kier alpha value is -3.50. The van der Waals surface area contributed by atoms with Gasteiger partial charge in [-0.05, 0) is 38.2 Å². The average molecular weight is 596 g/mol. The van der Waals surface area contributed by atoms with E-state index in [1.54, 1.807) is 24.0 Å². The number of nitrogens with one attached hydrogen (secondary N) is 1. The molecule has 43 heavy (non-hydrogen) atoms. The molecule has 3 aliphatic heterocycles. The number of fused-ring (bicyclic) bond motifs is 1. The maximum atomic E-state index is 14.1. The van der Waals surface area contributed by atoms with E-state index in [4.69, 9.17) is 9.47 Å². The molecule has 7 atom stereocenters. The predicted molar refractivity (Wildman–Crippen MR) is 160 cm³/mol. The van der Waals surface area contributed by atoms with Crippen molar-refractivity contribution in [3.8, 4) is 0 Å². The standard InChI is InChI=1S/C33H45N3O7/c1-5-8-15-25(38)34-22(4)28(23-13-11-10-12-14-23)42-32(41)26-24-16-17-33(43-24)27(26)30(39)36(20-21-37)29(33)31(40)35(18-7-3)19-9-6-2/h5,7,10-14,22,24,26-29,37H,1,3,6,8-9,15-21H2,2,4H3,(H,34,38)/t22-,24-,26+,27+,28-,29-,33+/m0/s1. The minimum Gasteiger partial charge on any atom is -0.455 e. The number of likely N-dealkylation sites (tertiary alicyclic amines) is 1. The molecule has 234 valence electrons. The summed E-state index contributed by atoms with van der Waals surface area (Å²) < 4.78 is 12.6. The first-order valence-corrected chi connectivity index (χ1v) is 15.4. The Balaban J connectivity index is 1.62. The van der Waals surface area contributed by atoms with E-state index in [2.05, 4.69) is 18.5 Å². The number of carbonyl (C=O) groups excluding carboxylic acids is 4. The fourth-order valence-corrected chi connectivity index (χ4v) is 6.96. The number of nitrogens with zero attached hydrogens (tertiary/aromatic N) is 2. The van der Waals surface area contributed by atoms with Gasteiger partial charge >= 0.3 is 5.97 Å². The molecular weight excluding hydrogens is 550 g/mol. The van der Waals surface area contributed by atoms with Crippen molar-refractivity contribution >= 4 is 23.7 Å². The summed E-state index contributed by atoms with van der Waals surface area (Å²) in [6, 6.07) is 7.65. The van der Waals surface area contributed by atoms with E-state index < -0.39 is 47.7 Å². The molecule has 0 aromatic heterocycles. The van der Waals surface area contributed by atoms with Crippen molar-refractivity contribution in [3.63, 3.8) is 0 Å². The number of ether oxygens (including phenoxy) is 2. The van der Waals surface area contributed by atoms with Crippen LogP contribution in [0.1, 0.15) is 64.0 Å². The summed E-state index contributed by atoms with van der Waals surface area (Å²) in [6.45, 7) is 11.7. The second-order valence-electron chi connectivity index (χ2n) is 11.7. The van der Waals surface area contributed by atoms with E-state index in [0.717, 1.165) is 12.8 Å². The summed E-state index contributed by atoms with van der Waals surface area (Å²) in [6.07, 6.45) is 5.35. The van der Waals surface area contributed by atoms with Crippen molar-refractivity contribution in [1.82, 2.24) is 15.1 Å². The number of unbranched alkanes of at least 4 members (excludes halogenated alkanes) is 1. The van der Waals surface area contributed by atoms with Gasteiger partial charge in [-0.15, -0.1) is 13.2 Å². The Morgan fingerprint density at radius 2 is 2.00 bits per heavy atom. The lowest BCUT2D eigenvalue weighted by Crippen LogP contribution is -2.56. The molecule has 0 radical (unpaired) electrons. The summed E-state index contributed by atoms with van der Waals surface area (Å²) in [5.41, 5.74) is -0.481. The maximum absolute atomic E-state index is 14.1. The number of amides is 3. The first kappa shape index (κ1) is 32.4. The number of rotatable bonds is 16. The third-order valence-corrected chi connectivity index (χ3v) is 8.88. The number of hydrogen-bond donors (Lipinski definition) is 2. The molecule has 3 amide bonds. The molecule has 0 aliphatic carbocycles. The highest BCUT2D eigenvalue weighted by Crippen LogP contribution is 2.59. The quantitative estimate of drug-likeness (QED) is 0.222. The van der Waals surface area contributed by atoms with Crippen LogP contribution in [0.4, 0.5) is 0 Å². The normalized spacial score (nSPS) is 26.9. The summed E-state index contributed by atoms with van der Waals surface area (Å²) in [4.78, 5) is 57.7. The molecule has 3 saturated heterocycles. The van der Waals surface area contributed by atoms with Gasteiger partial charge in [0.25, 0.3) is 0 Å². The summed E-state index contributed by atoms with van der Waals surface area (Å²) in [5, 5.41) is 12.8. The van der Waals surface area contributed by atoms with Crippen molar-refractivity contribution < 1.29 is 33.8 Å². The van der Waals surface area contributed by atoms with E-state index in [1.807, 2.05) is 37.3 Å². The SMILES string of the molecule is C=CCCC(=O)N[C@@H](C)[C@H](OC(=O)[C@@H]1[C@@H]2CC[C@]3(O2)[C@H](C(=O)N(CC=C)CCCC)N(CCO)C(=O)[C@@H]13)c1ccccc1. The van der Waals surface area contributed by atoms with E-state index in [1.165, 1.54) is 4.90 Å². The average Bonchev–Trinajstić information content (AvgIpc) is 3.64. The van der Waals surface area contributed by atoms with Crippen LogP contribution in [-0.2, 0) is 28.7 Å². The lowest BCUT2D eigenvalue weighted by Gasteiger charge is -2.36. The Bertz CT molecular complexity index is 1190. The smallest absolute Gasteiger partial charge is 0.313 e. The largest absolute Gasteiger partial charge is 0.455 e. The fraction of sp³-hybridized carbons (Fsp3) is 0.576. The lowest BCUT2D eigenvalue weighted by molar-refractivity contribution is -0.162. The van der Waals surface area contributed by atoms with Crippen LogP contribution in [0, 0.1) is 11.8 Å². The van der Waals surface area contributed by atoms with Crippen molar-refractivity contribution in [2.45, 2.75) is 82.3 Å². The van der Waals surface area contributed by atoms with Gasteiger partial charge in [0.2, 0.25) is 17.7 Å². The molecule has 0 unspecified atom stereocenters. The predicted octanol–water partition coefficient (Wildman–Crippen LogP) is 2.92. The van der Waals surface area contributed by atoms with Gasteiger partial charge in [0, 0.05) is 26.1 Å². The van der Waals surface area contributed by atoms with Crippen molar-refractivity contribution in [2.75, 3.05) is 26.2 Å². The van der Waals surface area contributed by atoms with Gasteiger partial charge in [-0.2, -0.15) is 0 Å². The van der Waals surface area contributed by atoms with Gasteiger partial charge in [-0.1, -0.05) is 55.8 Å². The first-order chi connectivity index (χ1) is 20.7. The minimum atomic E-state index is -1.18. The second kappa shape index (κ2) is 14.3. The number of benzene rings is 1. The molecule has 0 saturated carbocycles. The van der Waals surface area contributed by atoms with Crippen LogP contribution >= 0.6 is 0 Å². The van der Waals surface area contributed by atoms with Gasteiger partial charge in [0.1, 0.15) is 17.7 Å². The van der Waals surface area contributed by atoms with Crippen molar-refractivity contribution in [1.29, 1.82) is 0 Å². The molecule has 2 N–H and O–H groups in total. The number of esters is 1. The number of aliphatic hydroxyl groups excluding tert-OH is 1.